The summed E-state index contributed by atoms with van der Waals surface area (Å²) in [6.45, 7) is 5.03. The van der Waals surface area contributed by atoms with Gasteiger partial charge in [0.2, 0.25) is 5.91 Å². The molecular formula is C24H34N2O2. The zero-order valence-electron chi connectivity index (χ0n) is 17.0. The zero-order valence-corrected chi connectivity index (χ0v) is 17.0. The molecule has 28 heavy (non-hydrogen) atoms. The minimum Gasteiger partial charge on any atom is -0.376 e. The summed E-state index contributed by atoms with van der Waals surface area (Å²) in [4.78, 5) is 17.7. The van der Waals surface area contributed by atoms with Gasteiger partial charge in [-0.3, -0.25) is 9.69 Å². The molecule has 5 rings (SSSR count). The van der Waals surface area contributed by atoms with Crippen molar-refractivity contribution in [1.82, 2.24) is 9.80 Å². The van der Waals surface area contributed by atoms with Crippen LogP contribution in [0, 0.1) is 11.8 Å². The van der Waals surface area contributed by atoms with Crippen molar-refractivity contribution >= 4 is 5.91 Å². The minimum absolute atomic E-state index is 0.278. The Kier molecular flexibility index (Phi) is 5.43. The third-order valence-electron chi connectivity index (χ3n) is 7.36. The van der Waals surface area contributed by atoms with Crippen LogP contribution >= 0.6 is 0 Å². The molecule has 0 spiro atoms. The van der Waals surface area contributed by atoms with Crippen LogP contribution < -0.4 is 0 Å². The van der Waals surface area contributed by atoms with E-state index in [-0.39, 0.29) is 6.10 Å². The fraction of sp³-hybridized carbons (Fsp3) is 0.708. The molecule has 0 radical (unpaired) electrons. The monoisotopic (exact) mass is 382 g/mol. The van der Waals surface area contributed by atoms with E-state index in [0.717, 1.165) is 45.4 Å². The van der Waals surface area contributed by atoms with Crippen molar-refractivity contribution in [2.45, 2.75) is 63.5 Å². The summed E-state index contributed by atoms with van der Waals surface area (Å²) in [5, 5.41) is 0. The van der Waals surface area contributed by atoms with Crippen molar-refractivity contribution in [3.8, 4) is 0 Å². The lowest BCUT2D eigenvalue weighted by Crippen LogP contribution is -2.46. The normalized spacial score (nSPS) is 26.5. The predicted octanol–water partition coefficient (Wildman–Crippen LogP) is 3.28. The maximum Gasteiger partial charge on any atom is 0.225 e. The summed E-state index contributed by atoms with van der Waals surface area (Å²) in [5.74, 6) is 1.38. The summed E-state index contributed by atoms with van der Waals surface area (Å²) < 4.78 is 5.84. The number of nitrogens with zero attached hydrogens (tertiary/aromatic N) is 2. The van der Waals surface area contributed by atoms with Crippen molar-refractivity contribution in [3.05, 3.63) is 35.4 Å². The second-order valence-electron chi connectivity index (χ2n) is 9.46. The van der Waals surface area contributed by atoms with Gasteiger partial charge < -0.3 is 9.64 Å². The van der Waals surface area contributed by atoms with Gasteiger partial charge in [-0.2, -0.15) is 0 Å². The third kappa shape index (κ3) is 4.13. The van der Waals surface area contributed by atoms with Gasteiger partial charge >= 0.3 is 0 Å². The van der Waals surface area contributed by atoms with Gasteiger partial charge in [0.05, 0.1) is 6.10 Å². The molecule has 1 aromatic carbocycles. The molecule has 4 heteroatoms. The quantitative estimate of drug-likeness (QED) is 0.757. The van der Waals surface area contributed by atoms with Crippen molar-refractivity contribution < 1.29 is 9.53 Å². The van der Waals surface area contributed by atoms with E-state index < -0.39 is 0 Å². The van der Waals surface area contributed by atoms with Crippen molar-refractivity contribution in [1.29, 1.82) is 0 Å². The molecule has 2 aliphatic heterocycles. The highest BCUT2D eigenvalue weighted by molar-refractivity contribution is 5.81. The van der Waals surface area contributed by atoms with E-state index in [0.29, 0.717) is 23.8 Å². The Morgan fingerprint density at radius 2 is 1.71 bits per heavy atom. The number of fused-ring (bicyclic) bond motifs is 1. The van der Waals surface area contributed by atoms with Crippen LogP contribution in [0.4, 0.5) is 0 Å². The maximum absolute atomic E-state index is 12.8. The van der Waals surface area contributed by atoms with Gasteiger partial charge in [-0.05, 0) is 81.5 Å². The molecule has 1 amide bonds. The molecule has 0 N–H and O–H groups in total. The van der Waals surface area contributed by atoms with Crippen LogP contribution in [-0.4, -0.2) is 60.6 Å². The summed E-state index contributed by atoms with van der Waals surface area (Å²) in [6.07, 6.45) is 9.63. The molecule has 2 saturated heterocycles. The van der Waals surface area contributed by atoms with Crippen LogP contribution in [0.15, 0.2) is 24.3 Å². The molecule has 152 valence electrons. The molecule has 4 nitrogen and oxygen atoms in total. The van der Waals surface area contributed by atoms with Gasteiger partial charge in [-0.25, -0.2) is 0 Å². The molecule has 2 aliphatic carbocycles. The number of ether oxygens (including phenoxy) is 1. The molecule has 0 unspecified atom stereocenters. The molecule has 0 bridgehead atoms. The van der Waals surface area contributed by atoms with Crippen LogP contribution in [-0.2, 0) is 22.4 Å². The van der Waals surface area contributed by atoms with Crippen molar-refractivity contribution in [2.75, 3.05) is 32.8 Å². The van der Waals surface area contributed by atoms with E-state index in [9.17, 15) is 4.79 Å². The van der Waals surface area contributed by atoms with Gasteiger partial charge in [0.1, 0.15) is 0 Å². The van der Waals surface area contributed by atoms with Gasteiger partial charge in [-0.15, -0.1) is 0 Å². The Balaban J connectivity index is 1.14. The Morgan fingerprint density at radius 3 is 2.32 bits per heavy atom. The van der Waals surface area contributed by atoms with E-state index >= 15 is 0 Å². The Labute approximate surface area is 169 Å². The van der Waals surface area contributed by atoms with Gasteiger partial charge in [-0.1, -0.05) is 24.3 Å². The second-order valence-corrected chi connectivity index (χ2v) is 9.46. The molecule has 1 aromatic rings. The summed E-state index contributed by atoms with van der Waals surface area (Å²) in [5.41, 5.74) is 3.10. The van der Waals surface area contributed by atoms with E-state index in [4.69, 9.17) is 4.74 Å². The number of hydrogen-bond acceptors (Lipinski definition) is 3. The summed E-state index contributed by atoms with van der Waals surface area (Å²) in [7, 11) is 0. The third-order valence-corrected chi connectivity index (χ3v) is 7.36. The lowest BCUT2D eigenvalue weighted by atomic mass is 9.94. The lowest BCUT2D eigenvalue weighted by molar-refractivity contribution is -0.135. The minimum atomic E-state index is 0.278. The van der Waals surface area contributed by atoms with Gasteiger partial charge in [0.25, 0.3) is 0 Å². The second kappa shape index (κ2) is 8.16. The molecular weight excluding hydrogens is 348 g/mol. The average Bonchev–Trinajstić information content (AvgIpc) is 3.27. The SMILES string of the molecule is O=C(C1CC1)N(CC1CCN(C2Cc3ccccc3C2)CC1)C[C@@H]1CCCO1. The first-order chi connectivity index (χ1) is 13.8. The number of piperidine rings is 1. The van der Waals surface area contributed by atoms with Crippen molar-refractivity contribution in [3.63, 3.8) is 0 Å². The summed E-state index contributed by atoms with van der Waals surface area (Å²) in [6, 6.07) is 9.64. The van der Waals surface area contributed by atoms with E-state index in [1.807, 2.05) is 0 Å². The highest BCUT2D eigenvalue weighted by atomic mass is 16.5. The lowest BCUT2D eigenvalue weighted by Gasteiger charge is -2.38. The number of benzene rings is 1. The summed E-state index contributed by atoms with van der Waals surface area (Å²) >= 11 is 0. The van der Waals surface area contributed by atoms with Crippen molar-refractivity contribution in [2.24, 2.45) is 11.8 Å². The molecule has 0 aromatic heterocycles. The highest BCUT2D eigenvalue weighted by Gasteiger charge is 2.36. The van der Waals surface area contributed by atoms with Crippen LogP contribution in [0.5, 0.6) is 0 Å². The standard InChI is InChI=1S/C24H34N2O2/c27-24(19-7-8-19)26(17-23-6-3-13-28-23)16-18-9-11-25(12-10-18)22-14-20-4-1-2-5-21(20)15-22/h1-2,4-5,18-19,22-23H,3,6-17H2/t23-/m0/s1. The first kappa shape index (κ1) is 18.6. The Hall–Kier alpha value is -1.39. The number of carbonyl (C=O) groups excluding carboxylic acids is 1. The topological polar surface area (TPSA) is 32.8 Å². The number of likely N-dealkylation sites (tertiary alicyclic amines) is 1. The molecule has 4 aliphatic rings. The van der Waals surface area contributed by atoms with Crippen LogP contribution in [0.25, 0.3) is 0 Å². The molecule has 2 heterocycles. The molecule has 3 fully saturated rings. The van der Waals surface area contributed by atoms with Gasteiger partial charge in [0.15, 0.2) is 0 Å². The van der Waals surface area contributed by atoms with Crippen LogP contribution in [0.3, 0.4) is 0 Å². The van der Waals surface area contributed by atoms with E-state index in [1.165, 1.54) is 38.8 Å². The number of hydrogen-bond donors (Lipinski definition) is 0. The highest BCUT2D eigenvalue weighted by Crippen LogP contribution is 2.33. The molecule has 1 atom stereocenters. The van der Waals surface area contributed by atoms with Crippen LogP contribution in [0.2, 0.25) is 0 Å². The van der Waals surface area contributed by atoms with Crippen LogP contribution in [0.1, 0.15) is 49.7 Å². The van der Waals surface area contributed by atoms with Gasteiger partial charge in [0, 0.05) is 31.7 Å². The first-order valence-corrected chi connectivity index (χ1v) is 11.5. The maximum atomic E-state index is 12.8. The van der Waals surface area contributed by atoms with E-state index in [2.05, 4.69) is 34.1 Å². The molecule has 1 saturated carbocycles. The smallest absolute Gasteiger partial charge is 0.225 e. The fourth-order valence-electron chi connectivity index (χ4n) is 5.48. The predicted molar refractivity (Wildman–Crippen MR) is 110 cm³/mol. The Morgan fingerprint density at radius 1 is 1.00 bits per heavy atom. The fourth-order valence-corrected chi connectivity index (χ4v) is 5.48. The van der Waals surface area contributed by atoms with E-state index in [1.54, 1.807) is 11.1 Å². The zero-order chi connectivity index (χ0) is 18.9. The number of rotatable bonds is 6. The number of carbonyl (C=O) groups is 1. The average molecular weight is 383 g/mol. The number of amides is 1. The largest absolute Gasteiger partial charge is 0.376 e. The first-order valence-electron chi connectivity index (χ1n) is 11.5. The Bertz CT molecular complexity index is 663.